The number of carbonyl (C=O) groups is 2. The Morgan fingerprint density at radius 3 is 1.93 bits per heavy atom. The second-order valence-corrected chi connectivity index (χ2v) is 5.97. The number of amides is 2. The molecule has 0 unspecified atom stereocenters. The molecule has 0 fully saturated rings. The summed E-state index contributed by atoms with van der Waals surface area (Å²) in [6, 6.07) is 15.2. The van der Waals surface area contributed by atoms with Crippen LogP contribution in [0.25, 0.3) is 11.4 Å². The molecule has 0 aliphatic heterocycles. The van der Waals surface area contributed by atoms with Crippen molar-refractivity contribution in [2.24, 2.45) is 0 Å². The van der Waals surface area contributed by atoms with E-state index in [2.05, 4.69) is 25.3 Å². The second-order valence-electron chi connectivity index (χ2n) is 5.97. The Balaban J connectivity index is 1.51. The number of aromatic nitrogens is 2. The SMILES string of the molecule is O=C(NCc1ccccc1)C(=O)NCc1ccc(-c2noc(C(F)(F)F)n2)cc1. The van der Waals surface area contributed by atoms with Crippen molar-refractivity contribution in [1.29, 1.82) is 0 Å². The standard InChI is InChI=1S/C19H15F3N4O3/c20-19(21,22)18-25-15(26-29-18)14-8-6-13(7-9-14)11-24-17(28)16(27)23-10-12-4-2-1-3-5-12/h1-9H,10-11H2,(H,23,27)(H,24,28). The average Bonchev–Trinajstić information content (AvgIpc) is 3.22. The van der Waals surface area contributed by atoms with Gasteiger partial charge in [0, 0.05) is 18.7 Å². The lowest BCUT2D eigenvalue weighted by atomic mass is 10.1. The Bertz CT molecular complexity index is 986. The molecule has 0 spiro atoms. The fourth-order valence-electron chi connectivity index (χ4n) is 2.35. The number of alkyl halides is 3. The maximum atomic E-state index is 12.5. The van der Waals surface area contributed by atoms with Gasteiger partial charge in [-0.15, -0.1) is 0 Å². The molecule has 3 rings (SSSR count). The van der Waals surface area contributed by atoms with Crippen LogP contribution >= 0.6 is 0 Å². The van der Waals surface area contributed by atoms with Crippen LogP contribution in [0.2, 0.25) is 0 Å². The predicted octanol–water partition coefficient (Wildman–Crippen LogP) is 2.69. The molecule has 2 amide bonds. The van der Waals surface area contributed by atoms with Crippen molar-refractivity contribution >= 4 is 11.8 Å². The van der Waals surface area contributed by atoms with Gasteiger partial charge in [0.15, 0.2) is 0 Å². The van der Waals surface area contributed by atoms with Crippen LogP contribution in [-0.2, 0) is 28.9 Å². The minimum atomic E-state index is -4.71. The van der Waals surface area contributed by atoms with E-state index in [1.165, 1.54) is 12.1 Å². The maximum Gasteiger partial charge on any atom is 0.471 e. The van der Waals surface area contributed by atoms with Gasteiger partial charge in [-0.05, 0) is 11.1 Å². The highest BCUT2D eigenvalue weighted by Crippen LogP contribution is 2.29. The van der Waals surface area contributed by atoms with Gasteiger partial charge in [0.2, 0.25) is 5.82 Å². The van der Waals surface area contributed by atoms with Gasteiger partial charge in [0.25, 0.3) is 0 Å². The van der Waals surface area contributed by atoms with Gasteiger partial charge in [-0.1, -0.05) is 59.8 Å². The fraction of sp³-hybridized carbons (Fsp3) is 0.158. The van der Waals surface area contributed by atoms with E-state index in [0.29, 0.717) is 11.1 Å². The minimum Gasteiger partial charge on any atom is -0.344 e. The largest absolute Gasteiger partial charge is 0.471 e. The first kappa shape index (κ1) is 20.1. The molecular weight excluding hydrogens is 389 g/mol. The van der Waals surface area contributed by atoms with Crippen LogP contribution in [0, 0.1) is 0 Å². The highest BCUT2D eigenvalue weighted by Gasteiger charge is 2.38. The summed E-state index contributed by atoms with van der Waals surface area (Å²) in [5.41, 5.74) is 1.82. The molecule has 0 aliphatic carbocycles. The van der Waals surface area contributed by atoms with Crippen LogP contribution in [-0.4, -0.2) is 22.0 Å². The van der Waals surface area contributed by atoms with Crippen LogP contribution in [0.15, 0.2) is 59.1 Å². The van der Waals surface area contributed by atoms with E-state index in [4.69, 9.17) is 0 Å². The third-order valence-corrected chi connectivity index (χ3v) is 3.84. The van der Waals surface area contributed by atoms with Gasteiger partial charge in [-0.25, -0.2) is 0 Å². The topological polar surface area (TPSA) is 97.1 Å². The van der Waals surface area contributed by atoms with Crippen LogP contribution < -0.4 is 10.6 Å². The van der Waals surface area contributed by atoms with Crippen molar-refractivity contribution in [3.8, 4) is 11.4 Å². The summed E-state index contributed by atoms with van der Waals surface area (Å²) in [5, 5.41) is 8.28. The predicted molar refractivity (Wildman–Crippen MR) is 94.9 cm³/mol. The summed E-state index contributed by atoms with van der Waals surface area (Å²) in [4.78, 5) is 27.0. The number of benzene rings is 2. The molecule has 7 nitrogen and oxygen atoms in total. The van der Waals surface area contributed by atoms with E-state index in [1.54, 1.807) is 12.1 Å². The number of nitrogens with zero attached hydrogens (tertiary/aromatic N) is 2. The van der Waals surface area contributed by atoms with Gasteiger partial charge in [0.1, 0.15) is 0 Å². The molecule has 10 heteroatoms. The molecule has 150 valence electrons. The third kappa shape index (κ3) is 5.41. The zero-order chi connectivity index (χ0) is 20.9. The average molecular weight is 404 g/mol. The van der Waals surface area contributed by atoms with Crippen molar-refractivity contribution in [2.45, 2.75) is 19.3 Å². The van der Waals surface area contributed by atoms with Gasteiger partial charge >= 0.3 is 23.9 Å². The lowest BCUT2D eigenvalue weighted by Crippen LogP contribution is -2.39. The van der Waals surface area contributed by atoms with E-state index in [9.17, 15) is 22.8 Å². The minimum absolute atomic E-state index is 0.0674. The highest BCUT2D eigenvalue weighted by atomic mass is 19.4. The first-order chi connectivity index (χ1) is 13.8. The van der Waals surface area contributed by atoms with Crippen LogP contribution in [0.3, 0.4) is 0 Å². The first-order valence-corrected chi connectivity index (χ1v) is 8.43. The molecule has 2 N–H and O–H groups in total. The van der Waals surface area contributed by atoms with Crippen LogP contribution in [0.1, 0.15) is 17.0 Å². The lowest BCUT2D eigenvalue weighted by Gasteiger charge is -2.07. The summed E-state index contributed by atoms with van der Waals surface area (Å²) < 4.78 is 41.7. The van der Waals surface area contributed by atoms with E-state index < -0.39 is 23.9 Å². The van der Waals surface area contributed by atoms with E-state index >= 15 is 0 Å². The fourth-order valence-corrected chi connectivity index (χ4v) is 2.35. The Labute approximate surface area is 162 Å². The number of rotatable bonds is 5. The second kappa shape index (κ2) is 8.55. The van der Waals surface area contributed by atoms with Gasteiger partial charge < -0.3 is 15.2 Å². The summed E-state index contributed by atoms with van der Waals surface area (Å²) in [5.74, 6) is -3.19. The van der Waals surface area contributed by atoms with Gasteiger partial charge in [0.05, 0.1) is 0 Å². The third-order valence-electron chi connectivity index (χ3n) is 3.84. The van der Waals surface area contributed by atoms with Crippen molar-refractivity contribution in [1.82, 2.24) is 20.8 Å². The summed E-state index contributed by atoms with van der Waals surface area (Å²) in [6.07, 6.45) is -4.71. The molecule has 1 heterocycles. The van der Waals surface area contributed by atoms with Gasteiger partial charge in [-0.2, -0.15) is 18.2 Å². The number of hydrogen-bond acceptors (Lipinski definition) is 5. The van der Waals surface area contributed by atoms with Crippen LogP contribution in [0.5, 0.6) is 0 Å². The van der Waals surface area contributed by atoms with Crippen molar-refractivity contribution < 1.29 is 27.3 Å². The molecular formula is C19H15F3N4O3. The smallest absolute Gasteiger partial charge is 0.344 e. The Morgan fingerprint density at radius 1 is 0.862 bits per heavy atom. The number of nitrogens with one attached hydrogen (secondary N) is 2. The zero-order valence-electron chi connectivity index (χ0n) is 14.9. The molecule has 29 heavy (non-hydrogen) atoms. The molecule has 3 aromatic rings. The quantitative estimate of drug-likeness (QED) is 0.638. The van der Waals surface area contributed by atoms with Crippen molar-refractivity contribution in [2.75, 3.05) is 0 Å². The molecule has 0 saturated heterocycles. The summed E-state index contributed by atoms with van der Waals surface area (Å²) in [6.45, 7) is 0.296. The maximum absolute atomic E-state index is 12.5. The summed E-state index contributed by atoms with van der Waals surface area (Å²) >= 11 is 0. The van der Waals surface area contributed by atoms with Gasteiger partial charge in [-0.3, -0.25) is 9.59 Å². The van der Waals surface area contributed by atoms with E-state index in [-0.39, 0.29) is 18.9 Å². The molecule has 1 aromatic heterocycles. The first-order valence-electron chi connectivity index (χ1n) is 8.43. The molecule has 0 radical (unpaired) electrons. The van der Waals surface area contributed by atoms with Crippen molar-refractivity contribution in [3.63, 3.8) is 0 Å². The number of hydrogen-bond donors (Lipinski definition) is 2. The molecule has 0 bridgehead atoms. The Morgan fingerprint density at radius 2 is 1.41 bits per heavy atom. The lowest BCUT2D eigenvalue weighted by molar-refractivity contribution is -0.159. The monoisotopic (exact) mass is 404 g/mol. The van der Waals surface area contributed by atoms with Crippen LogP contribution in [0.4, 0.5) is 13.2 Å². The van der Waals surface area contributed by atoms with E-state index in [1.807, 2.05) is 30.3 Å². The molecule has 0 aliphatic rings. The highest BCUT2D eigenvalue weighted by molar-refractivity contribution is 6.35. The Kier molecular flexibility index (Phi) is 5.91. The van der Waals surface area contributed by atoms with Crippen molar-refractivity contribution in [3.05, 3.63) is 71.6 Å². The zero-order valence-corrected chi connectivity index (χ0v) is 14.9. The normalized spacial score (nSPS) is 11.1. The summed E-state index contributed by atoms with van der Waals surface area (Å²) in [7, 11) is 0. The molecule has 0 saturated carbocycles. The Hall–Kier alpha value is -3.69. The number of carbonyl (C=O) groups excluding carboxylic acids is 2. The van der Waals surface area contributed by atoms with E-state index in [0.717, 1.165) is 5.56 Å². The number of halogens is 3. The molecule has 0 atom stereocenters. The molecule has 2 aromatic carbocycles.